The van der Waals surface area contributed by atoms with Crippen molar-refractivity contribution < 1.29 is 5.11 Å². The summed E-state index contributed by atoms with van der Waals surface area (Å²) >= 11 is 0. The largest absolute Gasteiger partial charge is 0.396 e. The molecule has 0 amide bonds. The Bertz CT molecular complexity index is 507. The minimum Gasteiger partial charge on any atom is -0.396 e. The summed E-state index contributed by atoms with van der Waals surface area (Å²) in [5.41, 5.74) is 3.59. The maximum atomic E-state index is 9.04. The molecule has 0 spiro atoms. The van der Waals surface area contributed by atoms with Gasteiger partial charge in [-0.25, -0.2) is 0 Å². The molecule has 4 nitrogen and oxygen atoms in total. The van der Waals surface area contributed by atoms with Crippen LogP contribution in [0.25, 0.3) is 0 Å². The zero-order valence-corrected chi connectivity index (χ0v) is 11.6. The SMILES string of the molecule is Cc1c(CN(CCCO)c2ccccc2)cnn1C. The maximum absolute atomic E-state index is 9.04. The Morgan fingerprint density at radius 3 is 2.58 bits per heavy atom. The summed E-state index contributed by atoms with van der Waals surface area (Å²) < 4.78 is 1.89. The normalized spacial score (nSPS) is 10.7. The van der Waals surface area contributed by atoms with E-state index >= 15 is 0 Å². The molecule has 0 saturated carbocycles. The molecule has 4 heteroatoms. The average molecular weight is 259 g/mol. The van der Waals surface area contributed by atoms with Gasteiger partial charge >= 0.3 is 0 Å². The van der Waals surface area contributed by atoms with Crippen molar-refractivity contribution in [2.24, 2.45) is 7.05 Å². The number of hydrogen-bond acceptors (Lipinski definition) is 3. The number of hydrogen-bond donors (Lipinski definition) is 1. The second-order valence-corrected chi connectivity index (χ2v) is 4.71. The first-order valence-electron chi connectivity index (χ1n) is 6.60. The highest BCUT2D eigenvalue weighted by Crippen LogP contribution is 2.18. The molecule has 1 aromatic heterocycles. The van der Waals surface area contributed by atoms with Crippen molar-refractivity contribution in [1.82, 2.24) is 9.78 Å². The van der Waals surface area contributed by atoms with Crippen molar-refractivity contribution in [2.75, 3.05) is 18.1 Å². The molecule has 0 aliphatic carbocycles. The zero-order chi connectivity index (χ0) is 13.7. The number of nitrogens with zero attached hydrogens (tertiary/aromatic N) is 3. The standard InChI is InChI=1S/C15H21N3O/c1-13-14(11-16-17(13)2)12-18(9-6-10-19)15-7-4-3-5-8-15/h3-5,7-8,11,19H,6,9-10,12H2,1-2H3. The lowest BCUT2D eigenvalue weighted by atomic mass is 10.2. The Morgan fingerprint density at radius 1 is 1.26 bits per heavy atom. The van der Waals surface area contributed by atoms with Gasteiger partial charge < -0.3 is 10.0 Å². The molecule has 0 bridgehead atoms. The van der Waals surface area contributed by atoms with Gasteiger partial charge in [0, 0.05) is 43.7 Å². The molecule has 0 unspecified atom stereocenters. The van der Waals surface area contributed by atoms with Crippen LogP contribution >= 0.6 is 0 Å². The number of aromatic nitrogens is 2. The summed E-state index contributed by atoms with van der Waals surface area (Å²) in [5.74, 6) is 0. The number of aliphatic hydroxyl groups excluding tert-OH is 1. The Balaban J connectivity index is 2.16. The number of para-hydroxylation sites is 1. The van der Waals surface area contributed by atoms with E-state index in [1.54, 1.807) is 0 Å². The van der Waals surface area contributed by atoms with Gasteiger partial charge in [-0.05, 0) is 25.5 Å². The number of anilines is 1. The molecule has 0 saturated heterocycles. The number of rotatable bonds is 6. The van der Waals surface area contributed by atoms with Crippen molar-refractivity contribution >= 4 is 5.69 Å². The van der Waals surface area contributed by atoms with Crippen LogP contribution in [-0.4, -0.2) is 28.0 Å². The summed E-state index contributed by atoms with van der Waals surface area (Å²) in [6.07, 6.45) is 2.69. The lowest BCUT2D eigenvalue weighted by molar-refractivity contribution is 0.289. The molecule has 102 valence electrons. The van der Waals surface area contributed by atoms with Crippen LogP contribution in [0.3, 0.4) is 0 Å². The fourth-order valence-electron chi connectivity index (χ4n) is 2.10. The van der Waals surface area contributed by atoms with E-state index in [-0.39, 0.29) is 6.61 Å². The highest BCUT2D eigenvalue weighted by Gasteiger charge is 2.10. The zero-order valence-electron chi connectivity index (χ0n) is 11.6. The van der Waals surface area contributed by atoms with E-state index in [9.17, 15) is 0 Å². The Kier molecular flexibility index (Phi) is 4.58. The van der Waals surface area contributed by atoms with Crippen LogP contribution in [0.5, 0.6) is 0 Å². The van der Waals surface area contributed by atoms with Crippen molar-refractivity contribution in [3.63, 3.8) is 0 Å². The van der Waals surface area contributed by atoms with E-state index in [1.807, 2.05) is 36.1 Å². The maximum Gasteiger partial charge on any atom is 0.0542 e. The van der Waals surface area contributed by atoms with Gasteiger partial charge in [-0.1, -0.05) is 18.2 Å². The topological polar surface area (TPSA) is 41.3 Å². The van der Waals surface area contributed by atoms with Crippen LogP contribution < -0.4 is 4.90 Å². The molecule has 0 aliphatic heterocycles. The van der Waals surface area contributed by atoms with Gasteiger partial charge in [-0.3, -0.25) is 4.68 Å². The second kappa shape index (κ2) is 6.38. The fraction of sp³-hybridized carbons (Fsp3) is 0.400. The summed E-state index contributed by atoms with van der Waals surface area (Å²) in [6.45, 7) is 3.96. The van der Waals surface area contributed by atoms with E-state index < -0.39 is 0 Å². The van der Waals surface area contributed by atoms with Gasteiger partial charge in [0.2, 0.25) is 0 Å². The Labute approximate surface area is 114 Å². The van der Waals surface area contributed by atoms with E-state index in [0.717, 1.165) is 19.5 Å². The van der Waals surface area contributed by atoms with E-state index in [4.69, 9.17) is 5.11 Å². The van der Waals surface area contributed by atoms with Crippen LogP contribution in [0.15, 0.2) is 36.5 Å². The quantitative estimate of drug-likeness (QED) is 0.864. The first kappa shape index (κ1) is 13.6. The van der Waals surface area contributed by atoms with Gasteiger partial charge in [0.1, 0.15) is 0 Å². The molecule has 1 aromatic carbocycles. The fourth-order valence-corrected chi connectivity index (χ4v) is 2.10. The van der Waals surface area contributed by atoms with Crippen molar-refractivity contribution in [3.8, 4) is 0 Å². The van der Waals surface area contributed by atoms with E-state index in [2.05, 4.69) is 29.1 Å². The number of aryl methyl sites for hydroxylation is 1. The lowest BCUT2D eigenvalue weighted by Gasteiger charge is -2.24. The van der Waals surface area contributed by atoms with Gasteiger partial charge in [0.15, 0.2) is 0 Å². The predicted octanol–water partition coefficient (Wildman–Crippen LogP) is 2.12. The molecular formula is C15H21N3O. The van der Waals surface area contributed by atoms with Crippen LogP contribution in [0.2, 0.25) is 0 Å². The summed E-state index contributed by atoms with van der Waals surface area (Å²) in [6, 6.07) is 10.3. The summed E-state index contributed by atoms with van der Waals surface area (Å²) in [7, 11) is 1.96. The molecule has 1 N–H and O–H groups in total. The first-order chi connectivity index (χ1) is 9.22. The van der Waals surface area contributed by atoms with Crippen molar-refractivity contribution in [3.05, 3.63) is 47.8 Å². The van der Waals surface area contributed by atoms with E-state index in [0.29, 0.717) is 0 Å². The van der Waals surface area contributed by atoms with Crippen molar-refractivity contribution in [1.29, 1.82) is 0 Å². The summed E-state index contributed by atoms with van der Waals surface area (Å²) in [4.78, 5) is 2.28. The van der Waals surface area contributed by atoms with Gasteiger partial charge in [-0.15, -0.1) is 0 Å². The highest BCUT2D eigenvalue weighted by atomic mass is 16.3. The molecular weight excluding hydrogens is 238 g/mol. The third-order valence-electron chi connectivity index (χ3n) is 3.41. The van der Waals surface area contributed by atoms with Crippen LogP contribution in [0.4, 0.5) is 5.69 Å². The molecule has 1 heterocycles. The minimum atomic E-state index is 0.218. The molecule has 19 heavy (non-hydrogen) atoms. The highest BCUT2D eigenvalue weighted by molar-refractivity contribution is 5.46. The van der Waals surface area contributed by atoms with Crippen LogP contribution in [0, 0.1) is 6.92 Å². The monoisotopic (exact) mass is 259 g/mol. The van der Waals surface area contributed by atoms with Crippen molar-refractivity contribution in [2.45, 2.75) is 19.9 Å². The van der Waals surface area contributed by atoms with Gasteiger partial charge in [0.05, 0.1) is 6.20 Å². The van der Waals surface area contributed by atoms with E-state index in [1.165, 1.54) is 16.9 Å². The third-order valence-corrected chi connectivity index (χ3v) is 3.41. The van der Waals surface area contributed by atoms with Crippen LogP contribution in [0.1, 0.15) is 17.7 Å². The third kappa shape index (κ3) is 3.35. The smallest absolute Gasteiger partial charge is 0.0542 e. The van der Waals surface area contributed by atoms with Gasteiger partial charge in [0.25, 0.3) is 0 Å². The lowest BCUT2D eigenvalue weighted by Crippen LogP contribution is -2.24. The molecule has 0 radical (unpaired) electrons. The molecule has 2 rings (SSSR count). The summed E-state index contributed by atoms with van der Waals surface area (Å²) in [5, 5.41) is 13.3. The number of benzene rings is 1. The first-order valence-corrected chi connectivity index (χ1v) is 6.60. The molecule has 0 atom stereocenters. The average Bonchev–Trinajstić information content (AvgIpc) is 2.76. The molecule has 0 fully saturated rings. The Morgan fingerprint density at radius 2 is 2.00 bits per heavy atom. The minimum absolute atomic E-state index is 0.218. The predicted molar refractivity (Wildman–Crippen MR) is 77.1 cm³/mol. The number of aliphatic hydroxyl groups is 1. The van der Waals surface area contributed by atoms with Gasteiger partial charge in [-0.2, -0.15) is 5.10 Å². The molecule has 0 aliphatic rings. The second-order valence-electron chi connectivity index (χ2n) is 4.71. The molecule has 2 aromatic rings. The van der Waals surface area contributed by atoms with Crippen LogP contribution in [-0.2, 0) is 13.6 Å². The Hall–Kier alpha value is -1.81.